The van der Waals surface area contributed by atoms with E-state index in [9.17, 15) is 0 Å². The number of isothiocyanates is 1. The monoisotopic (exact) mass is 344 g/mol. The summed E-state index contributed by atoms with van der Waals surface area (Å²) < 4.78 is 0. The Hall–Kier alpha value is -1.96. The van der Waals surface area contributed by atoms with Crippen LogP contribution in [0.25, 0.3) is 0 Å². The van der Waals surface area contributed by atoms with Crippen molar-refractivity contribution < 1.29 is 0 Å². The normalized spacial score (nSPS) is 9.08. The zero-order chi connectivity index (χ0) is 16.5. The van der Waals surface area contributed by atoms with Crippen LogP contribution >= 0.6 is 12.2 Å². The standard InChI is InChI=1S/C10H11NS.C9H13N.2CH4/c1-8(2)9-5-3-4-6-10(9)11-7-12;1-7(2)8-5-3-4-6-9(8)10;;/h3-6,8H,1-2H3;3-7H,10H2,1-2H3;2*1H4. The lowest BCUT2D eigenvalue weighted by atomic mass is 10.0. The van der Waals surface area contributed by atoms with Gasteiger partial charge >= 0.3 is 0 Å². The van der Waals surface area contributed by atoms with Crippen molar-refractivity contribution in [2.45, 2.75) is 54.4 Å². The van der Waals surface area contributed by atoms with Gasteiger partial charge in [-0.3, -0.25) is 0 Å². The molecule has 0 unspecified atom stereocenters. The number of benzene rings is 2. The lowest BCUT2D eigenvalue weighted by molar-refractivity contribution is 0.867. The van der Waals surface area contributed by atoms with Crippen LogP contribution in [0.3, 0.4) is 0 Å². The molecular formula is C21H32N2S. The molecule has 2 N–H and O–H groups in total. The van der Waals surface area contributed by atoms with E-state index in [1.807, 2.05) is 36.4 Å². The van der Waals surface area contributed by atoms with Crippen LogP contribution in [0.5, 0.6) is 0 Å². The summed E-state index contributed by atoms with van der Waals surface area (Å²) in [6.07, 6.45) is 0. The lowest BCUT2D eigenvalue weighted by Crippen LogP contribution is -1.94. The van der Waals surface area contributed by atoms with Gasteiger partial charge in [0.25, 0.3) is 0 Å². The van der Waals surface area contributed by atoms with Gasteiger partial charge in [0.05, 0.1) is 10.8 Å². The van der Waals surface area contributed by atoms with Crippen LogP contribution in [0.15, 0.2) is 53.5 Å². The van der Waals surface area contributed by atoms with E-state index in [1.165, 1.54) is 11.1 Å². The Morgan fingerprint density at radius 3 is 1.71 bits per heavy atom. The Balaban J connectivity index is 0. The summed E-state index contributed by atoms with van der Waals surface area (Å²) in [5, 5.41) is 2.39. The van der Waals surface area contributed by atoms with Crippen molar-refractivity contribution in [2.75, 3.05) is 5.73 Å². The summed E-state index contributed by atoms with van der Waals surface area (Å²) in [5.74, 6) is 1.01. The first kappa shape index (κ1) is 24.3. The van der Waals surface area contributed by atoms with Crippen LogP contribution in [0.1, 0.15) is 65.5 Å². The number of thiocarbonyl (C=S) groups is 1. The Bertz CT molecular complexity index is 642. The molecule has 132 valence electrons. The minimum absolute atomic E-state index is 0. The first-order valence-corrected chi connectivity index (χ1v) is 7.89. The number of rotatable bonds is 3. The molecule has 24 heavy (non-hydrogen) atoms. The number of nitrogen functional groups attached to an aromatic ring is 1. The molecule has 0 aliphatic heterocycles. The van der Waals surface area contributed by atoms with Gasteiger partial charge in [0.15, 0.2) is 0 Å². The SMILES string of the molecule is C.C.CC(C)c1ccccc1N.CC(C)c1ccccc1N=C=S. The van der Waals surface area contributed by atoms with E-state index >= 15 is 0 Å². The molecule has 2 aromatic carbocycles. The molecule has 0 saturated carbocycles. The molecule has 0 saturated heterocycles. The molecule has 0 bridgehead atoms. The van der Waals surface area contributed by atoms with Crippen molar-refractivity contribution in [3.63, 3.8) is 0 Å². The van der Waals surface area contributed by atoms with Gasteiger partial charge < -0.3 is 5.73 Å². The van der Waals surface area contributed by atoms with Crippen LogP contribution in [-0.4, -0.2) is 5.16 Å². The summed E-state index contributed by atoms with van der Waals surface area (Å²) in [6, 6.07) is 16.0. The summed E-state index contributed by atoms with van der Waals surface area (Å²) in [4.78, 5) is 3.99. The minimum atomic E-state index is 0. The highest BCUT2D eigenvalue weighted by molar-refractivity contribution is 7.78. The molecule has 0 spiro atoms. The van der Waals surface area contributed by atoms with Crippen molar-refractivity contribution in [1.29, 1.82) is 0 Å². The maximum atomic E-state index is 5.72. The fraction of sp³-hybridized carbons (Fsp3) is 0.381. The van der Waals surface area contributed by atoms with E-state index in [0.717, 1.165) is 11.4 Å². The first-order valence-electron chi connectivity index (χ1n) is 7.48. The third-order valence-corrected chi connectivity index (χ3v) is 3.43. The summed E-state index contributed by atoms with van der Waals surface area (Å²) >= 11 is 4.56. The highest BCUT2D eigenvalue weighted by atomic mass is 32.1. The Labute approximate surface area is 153 Å². The molecular weight excluding hydrogens is 312 g/mol. The van der Waals surface area contributed by atoms with E-state index in [1.54, 1.807) is 0 Å². The maximum Gasteiger partial charge on any atom is 0.0774 e. The Kier molecular flexibility index (Phi) is 12.6. The summed E-state index contributed by atoms with van der Waals surface area (Å²) in [5.41, 5.74) is 10.0. The molecule has 0 aliphatic rings. The topological polar surface area (TPSA) is 38.4 Å². The van der Waals surface area contributed by atoms with Crippen LogP contribution < -0.4 is 5.73 Å². The highest BCUT2D eigenvalue weighted by Crippen LogP contribution is 2.25. The third kappa shape index (κ3) is 7.54. The smallest absolute Gasteiger partial charge is 0.0774 e. The van der Waals surface area contributed by atoms with E-state index in [0.29, 0.717) is 11.8 Å². The molecule has 0 heterocycles. The van der Waals surface area contributed by atoms with Crippen molar-refractivity contribution >= 4 is 28.8 Å². The summed E-state index contributed by atoms with van der Waals surface area (Å²) in [7, 11) is 0. The van der Waals surface area contributed by atoms with E-state index in [2.05, 4.69) is 62.2 Å². The second kappa shape index (κ2) is 12.5. The van der Waals surface area contributed by atoms with Crippen molar-refractivity contribution in [1.82, 2.24) is 0 Å². The number of hydrogen-bond acceptors (Lipinski definition) is 3. The van der Waals surface area contributed by atoms with Crippen LogP contribution in [0, 0.1) is 0 Å². The molecule has 0 radical (unpaired) electrons. The van der Waals surface area contributed by atoms with Crippen molar-refractivity contribution in [3.05, 3.63) is 59.7 Å². The second-order valence-electron chi connectivity index (χ2n) is 5.70. The minimum Gasteiger partial charge on any atom is -0.398 e. The fourth-order valence-corrected chi connectivity index (χ4v) is 2.26. The zero-order valence-corrected chi connectivity index (χ0v) is 14.5. The van der Waals surface area contributed by atoms with Gasteiger partial charge in [-0.05, 0) is 47.3 Å². The number of para-hydroxylation sites is 2. The molecule has 2 aromatic rings. The van der Waals surface area contributed by atoms with E-state index in [-0.39, 0.29) is 14.9 Å². The molecule has 0 aliphatic carbocycles. The lowest BCUT2D eigenvalue weighted by Gasteiger charge is -2.07. The van der Waals surface area contributed by atoms with Gasteiger partial charge in [0, 0.05) is 5.69 Å². The van der Waals surface area contributed by atoms with Gasteiger partial charge in [0.2, 0.25) is 0 Å². The van der Waals surface area contributed by atoms with Gasteiger partial charge in [-0.25, -0.2) is 0 Å². The fourth-order valence-electron chi connectivity index (χ4n) is 2.16. The quantitative estimate of drug-likeness (QED) is 0.363. The number of hydrogen-bond donors (Lipinski definition) is 1. The van der Waals surface area contributed by atoms with Crippen LogP contribution in [0.2, 0.25) is 0 Å². The number of aliphatic imine (C=N–C) groups is 1. The second-order valence-corrected chi connectivity index (χ2v) is 5.88. The average molecular weight is 345 g/mol. The molecule has 0 fully saturated rings. The third-order valence-electron chi connectivity index (χ3n) is 3.34. The van der Waals surface area contributed by atoms with Gasteiger partial charge in [-0.2, -0.15) is 4.99 Å². The number of nitrogens with two attached hydrogens (primary N) is 1. The number of anilines is 1. The van der Waals surface area contributed by atoms with Crippen molar-refractivity contribution in [3.8, 4) is 0 Å². The molecule has 2 rings (SSSR count). The molecule has 3 heteroatoms. The zero-order valence-electron chi connectivity index (χ0n) is 13.7. The average Bonchev–Trinajstić information content (AvgIpc) is 2.49. The molecule has 0 aromatic heterocycles. The Morgan fingerprint density at radius 2 is 1.29 bits per heavy atom. The van der Waals surface area contributed by atoms with Gasteiger partial charge in [-0.1, -0.05) is 78.9 Å². The van der Waals surface area contributed by atoms with E-state index in [4.69, 9.17) is 5.73 Å². The molecule has 2 nitrogen and oxygen atoms in total. The van der Waals surface area contributed by atoms with Crippen LogP contribution in [0.4, 0.5) is 11.4 Å². The van der Waals surface area contributed by atoms with Crippen LogP contribution in [-0.2, 0) is 0 Å². The largest absolute Gasteiger partial charge is 0.398 e. The predicted molar refractivity (Wildman–Crippen MR) is 114 cm³/mol. The molecule has 0 atom stereocenters. The Morgan fingerprint density at radius 1 is 0.833 bits per heavy atom. The van der Waals surface area contributed by atoms with Crippen molar-refractivity contribution in [2.24, 2.45) is 4.99 Å². The summed E-state index contributed by atoms with van der Waals surface area (Å²) in [6.45, 7) is 8.56. The van der Waals surface area contributed by atoms with Gasteiger partial charge in [0.1, 0.15) is 0 Å². The predicted octanol–water partition coefficient (Wildman–Crippen LogP) is 7.21. The number of nitrogens with zero attached hydrogens (tertiary/aromatic N) is 1. The van der Waals surface area contributed by atoms with E-state index < -0.39 is 0 Å². The van der Waals surface area contributed by atoms with Gasteiger partial charge in [-0.15, -0.1) is 0 Å². The first-order chi connectivity index (χ1) is 10.5. The highest BCUT2D eigenvalue weighted by Gasteiger charge is 2.03. The maximum absolute atomic E-state index is 5.72. The molecule has 0 amide bonds.